The van der Waals surface area contributed by atoms with E-state index in [1.54, 1.807) is 43.1 Å². The summed E-state index contributed by atoms with van der Waals surface area (Å²) >= 11 is 1.62. The third kappa shape index (κ3) is 5.99. The van der Waals surface area contributed by atoms with Crippen LogP contribution >= 0.6 is 11.8 Å². The number of phenols is 1. The molecule has 2 aliphatic heterocycles. The number of thioether (sulfide) groups is 1. The van der Waals surface area contributed by atoms with Gasteiger partial charge in [-0.1, -0.05) is 0 Å². The van der Waals surface area contributed by atoms with Crippen molar-refractivity contribution >= 4 is 35.5 Å². The number of hydrogen-bond acceptors (Lipinski definition) is 11. The van der Waals surface area contributed by atoms with Crippen molar-refractivity contribution in [2.24, 2.45) is 10.7 Å². The van der Waals surface area contributed by atoms with Crippen molar-refractivity contribution in [1.29, 1.82) is 5.41 Å². The number of benzene rings is 2. The first-order valence-electron chi connectivity index (χ1n) is 13.7. The number of hydrogen-bond donors (Lipinski definition) is 3. The summed E-state index contributed by atoms with van der Waals surface area (Å²) in [6, 6.07) is 8.37. The van der Waals surface area contributed by atoms with E-state index >= 15 is 8.78 Å². The minimum absolute atomic E-state index is 0.125. The van der Waals surface area contributed by atoms with Crippen LogP contribution in [0.5, 0.6) is 28.9 Å². The van der Waals surface area contributed by atoms with Gasteiger partial charge in [0, 0.05) is 34.3 Å². The van der Waals surface area contributed by atoms with E-state index < -0.39 is 40.2 Å². The van der Waals surface area contributed by atoms with Crippen molar-refractivity contribution in [3.8, 4) is 28.9 Å². The first-order chi connectivity index (χ1) is 20.9. The van der Waals surface area contributed by atoms with E-state index in [1.165, 1.54) is 18.2 Å². The van der Waals surface area contributed by atoms with Gasteiger partial charge in [0.15, 0.2) is 17.3 Å². The third-order valence-electron chi connectivity index (χ3n) is 7.28. The van der Waals surface area contributed by atoms with Gasteiger partial charge in [-0.05, 0) is 64.2 Å². The Bertz CT molecular complexity index is 1640. The normalized spacial score (nSPS) is 19.3. The Morgan fingerprint density at radius 1 is 1.20 bits per heavy atom. The number of nitrogens with one attached hydrogen (secondary N) is 1. The lowest BCUT2D eigenvalue weighted by molar-refractivity contribution is -0.145. The lowest BCUT2D eigenvalue weighted by Crippen LogP contribution is -2.47. The van der Waals surface area contributed by atoms with Crippen LogP contribution in [-0.2, 0) is 9.53 Å². The Morgan fingerprint density at radius 3 is 2.66 bits per heavy atom. The molecule has 2 unspecified atom stereocenters. The smallest absolute Gasteiger partial charge is 0.330 e. The van der Waals surface area contributed by atoms with E-state index in [1.807, 2.05) is 30.7 Å². The molecule has 5 rings (SSSR count). The quantitative estimate of drug-likeness (QED) is 0.165. The highest BCUT2D eigenvalue weighted by Gasteiger charge is 2.47. The predicted molar refractivity (Wildman–Crippen MR) is 163 cm³/mol. The topological polar surface area (TPSA) is 147 Å². The van der Waals surface area contributed by atoms with Crippen molar-refractivity contribution in [3.05, 3.63) is 65.4 Å². The second-order valence-corrected chi connectivity index (χ2v) is 12.3. The molecule has 0 radical (unpaired) electrons. The Kier molecular flexibility index (Phi) is 8.66. The molecule has 0 amide bonds. The fraction of sp³-hybridized carbons (Fsp3) is 0.333. The molecule has 11 nitrogen and oxygen atoms in total. The van der Waals surface area contributed by atoms with E-state index in [2.05, 4.69) is 9.98 Å². The molecule has 2 aliphatic rings. The lowest BCUT2D eigenvalue weighted by atomic mass is 10.0. The number of carbonyl (C=O) groups excluding carboxylic acids is 1. The van der Waals surface area contributed by atoms with E-state index in [-0.39, 0.29) is 41.2 Å². The Hall–Kier alpha value is -4.43. The van der Waals surface area contributed by atoms with Crippen molar-refractivity contribution < 1.29 is 32.9 Å². The number of anilines is 1. The highest BCUT2D eigenvalue weighted by molar-refractivity contribution is 8.01. The molecule has 1 fully saturated rings. The Balaban J connectivity index is 1.52. The lowest BCUT2D eigenvalue weighted by Gasteiger charge is -2.31. The minimum atomic E-state index is -1.25. The zero-order chi connectivity index (χ0) is 31.8. The molecular formula is C30H32F2N6O5S. The molecule has 0 saturated carbocycles. The average Bonchev–Trinajstić information content (AvgIpc) is 3.55. The zero-order valence-electron chi connectivity index (χ0n) is 24.5. The molecule has 1 aromatic heterocycles. The molecule has 4 N–H and O–H groups in total. The third-order valence-corrected chi connectivity index (χ3v) is 8.66. The van der Waals surface area contributed by atoms with Crippen molar-refractivity contribution in [1.82, 2.24) is 9.88 Å². The van der Waals surface area contributed by atoms with Crippen LogP contribution in [0.1, 0.15) is 38.1 Å². The maximum atomic E-state index is 15.7. The largest absolute Gasteiger partial charge is 0.504 e. The summed E-state index contributed by atoms with van der Waals surface area (Å²) in [7, 11) is 1.85. The number of nitrogen functional groups attached to an aromatic ring is 1. The Morgan fingerprint density at radius 2 is 1.98 bits per heavy atom. The number of aromatic hydroxyl groups is 1. The fourth-order valence-electron chi connectivity index (χ4n) is 5.01. The van der Waals surface area contributed by atoms with Crippen LogP contribution in [0.25, 0.3) is 0 Å². The average molecular weight is 627 g/mol. The van der Waals surface area contributed by atoms with Crippen molar-refractivity contribution in [2.75, 3.05) is 31.0 Å². The summed E-state index contributed by atoms with van der Waals surface area (Å²) in [5.41, 5.74) is 6.93. The minimum Gasteiger partial charge on any atom is -0.504 e. The molecule has 0 spiro atoms. The predicted octanol–water partition coefficient (Wildman–Crippen LogP) is 5.17. The molecule has 232 valence electrons. The number of nitrogens with two attached hydrogens (primary N) is 1. The number of halogens is 2. The Labute approximate surface area is 257 Å². The van der Waals surface area contributed by atoms with Crippen LogP contribution in [0.3, 0.4) is 0 Å². The summed E-state index contributed by atoms with van der Waals surface area (Å²) in [5, 5.41) is 17.8. The van der Waals surface area contributed by atoms with E-state index in [0.29, 0.717) is 23.7 Å². The van der Waals surface area contributed by atoms with Gasteiger partial charge >= 0.3 is 5.97 Å². The number of esters is 1. The zero-order valence-corrected chi connectivity index (χ0v) is 25.3. The molecule has 2 aromatic carbocycles. The number of aliphatic imine (C=N–C) groups is 1. The van der Waals surface area contributed by atoms with E-state index in [4.69, 9.17) is 25.4 Å². The number of phenolic OH excluding ortho intramolecular Hbond substituents is 1. The highest BCUT2D eigenvalue weighted by Crippen LogP contribution is 2.45. The van der Waals surface area contributed by atoms with E-state index in [9.17, 15) is 9.90 Å². The number of aromatic nitrogens is 1. The molecule has 3 heterocycles. The van der Waals surface area contributed by atoms with Gasteiger partial charge in [0.05, 0.1) is 18.7 Å². The number of carbonyl (C=O) groups is 1. The summed E-state index contributed by atoms with van der Waals surface area (Å²) in [5.74, 6) is -4.39. The number of nitrogens with zero attached hydrogens (tertiary/aromatic N) is 4. The van der Waals surface area contributed by atoms with Gasteiger partial charge in [0.25, 0.3) is 5.88 Å². The monoisotopic (exact) mass is 626 g/mol. The second-order valence-electron chi connectivity index (χ2n) is 10.7. The van der Waals surface area contributed by atoms with Gasteiger partial charge in [0.2, 0.25) is 11.6 Å². The maximum Gasteiger partial charge on any atom is 0.330 e. The van der Waals surface area contributed by atoms with Crippen molar-refractivity contribution in [2.45, 2.75) is 37.7 Å². The fourth-order valence-corrected chi connectivity index (χ4v) is 6.16. The molecule has 0 bridgehead atoms. The first-order valence-corrected chi connectivity index (χ1v) is 14.7. The summed E-state index contributed by atoms with van der Waals surface area (Å²) in [4.78, 5) is 25.1. The van der Waals surface area contributed by atoms with Crippen LogP contribution in [-0.4, -0.2) is 69.9 Å². The highest BCUT2D eigenvalue weighted by atomic mass is 32.2. The number of rotatable bonds is 9. The van der Waals surface area contributed by atoms with Crippen LogP contribution in [0, 0.1) is 17.0 Å². The van der Waals surface area contributed by atoms with Crippen LogP contribution in [0.2, 0.25) is 0 Å². The molecule has 0 aliphatic carbocycles. The van der Waals surface area contributed by atoms with Gasteiger partial charge in [-0.3, -0.25) is 15.3 Å². The molecular weight excluding hydrogens is 594 g/mol. The van der Waals surface area contributed by atoms with Gasteiger partial charge < -0.3 is 30.0 Å². The van der Waals surface area contributed by atoms with Gasteiger partial charge in [-0.15, -0.1) is 11.8 Å². The SMILES string of the molecule is CCOC(=O)C1N(c2ccc(Oc3c(F)cnc(Oc4cc(C(=N)N)ccc4O)c3F)c(C3N=CCN3C)c2)CSC1(C)C. The molecule has 1 saturated heterocycles. The second kappa shape index (κ2) is 12.3. The molecule has 2 atom stereocenters. The van der Waals surface area contributed by atoms with Crippen LogP contribution in [0.15, 0.2) is 47.6 Å². The molecule has 3 aromatic rings. The number of amidine groups is 1. The van der Waals surface area contributed by atoms with Gasteiger partial charge in [0.1, 0.15) is 23.8 Å². The van der Waals surface area contributed by atoms with E-state index in [0.717, 1.165) is 6.20 Å². The standard InChI is InChI=1S/C30H32F2N6O5S/c1-5-41-29(40)25-30(2,3)44-15-38(25)17-7-9-21(18(13-17)27-35-10-11-37(27)4)42-24-19(31)14-36-28(23(24)32)43-22-12-16(26(33)34)6-8-20(22)39/h6-10,12-14,25,27,39H,5,11,15H2,1-4H3,(H3,33,34). The van der Waals surface area contributed by atoms with Crippen molar-refractivity contribution in [3.63, 3.8) is 0 Å². The number of pyridine rings is 1. The first kappa shape index (κ1) is 31.0. The molecule has 44 heavy (non-hydrogen) atoms. The van der Waals surface area contributed by atoms with Crippen LogP contribution in [0.4, 0.5) is 14.5 Å². The molecule has 14 heteroatoms. The summed E-state index contributed by atoms with van der Waals surface area (Å²) in [6.07, 6.45) is 1.95. The van der Waals surface area contributed by atoms with Gasteiger partial charge in [-0.2, -0.15) is 4.39 Å². The summed E-state index contributed by atoms with van der Waals surface area (Å²) in [6.45, 7) is 6.52. The number of ether oxygens (including phenoxy) is 3. The summed E-state index contributed by atoms with van der Waals surface area (Å²) < 4.78 is 47.0. The maximum absolute atomic E-state index is 15.7. The van der Waals surface area contributed by atoms with Crippen LogP contribution < -0.4 is 20.1 Å². The van der Waals surface area contributed by atoms with Gasteiger partial charge in [-0.25, -0.2) is 14.2 Å².